The number of ether oxygens (including phenoxy) is 3. The van der Waals surface area contributed by atoms with Crippen LogP contribution < -0.4 is 107 Å². The molecule has 2 aliphatic rings. The lowest BCUT2D eigenvalue weighted by molar-refractivity contribution is 0.366. The quantitative estimate of drug-likeness (QED) is 0.0245. The molecule has 15 nitrogen and oxygen atoms in total. The summed E-state index contributed by atoms with van der Waals surface area (Å²) in [6.45, 7) is 48.4. The van der Waals surface area contributed by atoms with Crippen molar-refractivity contribution in [1.82, 2.24) is 0 Å². The Morgan fingerprint density at radius 1 is 0.280 bits per heavy atom. The largest absolute Gasteiger partial charge is 0.507 e. The fourth-order valence-corrected chi connectivity index (χ4v) is 24.6. The maximum atomic E-state index is 13.8. The number of anilines is 6. The Balaban J connectivity index is 0.000000178. The van der Waals surface area contributed by atoms with E-state index in [1.807, 2.05) is 74.5 Å². The first kappa shape index (κ1) is 106. The topological polar surface area (TPSA) is 169 Å². The molecule has 14 rings (SSSR count). The lowest BCUT2D eigenvalue weighted by atomic mass is 10.1. The summed E-state index contributed by atoms with van der Waals surface area (Å²) in [7, 11) is 7.25. The highest BCUT2D eigenvalue weighted by molar-refractivity contribution is 7.58. The maximum absolute atomic E-state index is 13.8. The average molecular weight is 1900 g/mol. The third-order valence-electron chi connectivity index (χ3n) is 24.0. The Morgan fingerprint density at radius 3 is 1.11 bits per heavy atom. The van der Waals surface area contributed by atoms with Crippen LogP contribution >= 0.6 is 51.5 Å². The molecule has 22 heteroatoms. The molecule has 12 aromatic carbocycles. The molecule has 6 atom stereocenters. The van der Waals surface area contributed by atoms with Crippen LogP contribution in [-0.4, -0.2) is 131 Å². The van der Waals surface area contributed by atoms with E-state index in [4.69, 9.17) is 14.2 Å². The molecule has 0 spiro atoms. The van der Waals surface area contributed by atoms with E-state index in [2.05, 4.69) is 236 Å². The average Bonchev–Trinajstić information content (AvgIpc) is 0.820. The number of nitrogens with zero attached hydrogens (tertiary/aromatic N) is 6. The molecule has 0 aliphatic carbocycles. The number of aromatic hydroxyl groups is 6. The van der Waals surface area contributed by atoms with Gasteiger partial charge in [0.1, 0.15) is 46.1 Å². The zero-order chi connectivity index (χ0) is 95.7. The lowest BCUT2D eigenvalue weighted by Crippen LogP contribution is -2.32. The molecule has 0 radical (unpaired) electrons. The zero-order valence-electron chi connectivity index (χ0n) is 81.4. The third kappa shape index (κ3) is 29.3. The number of aryl methyl sites for hydroxylation is 9. The van der Waals surface area contributed by atoms with Gasteiger partial charge in [0.15, 0.2) is 11.5 Å². The molecule has 132 heavy (non-hydrogen) atoms. The van der Waals surface area contributed by atoms with Crippen molar-refractivity contribution in [3.05, 3.63) is 268 Å². The molecule has 2 fully saturated rings. The van der Waals surface area contributed by atoms with Crippen LogP contribution in [-0.2, 0) is 0 Å². The summed E-state index contributed by atoms with van der Waals surface area (Å²) in [6, 6.07) is 69.9. The molecule has 6 N–H and O–H groups in total. The SMILES string of the molecule is CCN(CC)c1cccc(C)c1Pc1cc(C)cc(C)c1O.CCN(CC)c1cccc(C)c1Pc1cc(C)ccc1O.CCN(CC)c1cccc(C)c1Pc1cccc(C)c1O.CCN(CC)c1cccc(C)c1Pc1ccccc1O.COc1cc(OC)c(O)c(Pc2ccc(F)cc2N2CCCCC2)c1.COc1ccc(O)c(Pc2ccc(C)cc2N2CCCCC2)c1. The van der Waals surface area contributed by atoms with Gasteiger partial charge >= 0.3 is 0 Å². The summed E-state index contributed by atoms with van der Waals surface area (Å²) >= 11 is 0. The van der Waals surface area contributed by atoms with Gasteiger partial charge < -0.3 is 74.2 Å². The van der Waals surface area contributed by atoms with E-state index in [-0.39, 0.29) is 20.1 Å². The van der Waals surface area contributed by atoms with Crippen LogP contribution in [0.25, 0.3) is 0 Å². The highest BCUT2D eigenvalue weighted by Crippen LogP contribution is 2.38. The second-order valence-corrected chi connectivity index (χ2v) is 41.0. The molecule has 6 unspecified atom stereocenters. The van der Waals surface area contributed by atoms with Crippen molar-refractivity contribution >= 4 is 149 Å². The highest BCUT2D eigenvalue weighted by atomic mass is 31.1. The summed E-state index contributed by atoms with van der Waals surface area (Å²) in [6.07, 6.45) is 7.32. The van der Waals surface area contributed by atoms with Gasteiger partial charge in [-0.2, -0.15) is 0 Å². The van der Waals surface area contributed by atoms with Gasteiger partial charge in [-0.3, -0.25) is 0 Å². The van der Waals surface area contributed by atoms with E-state index in [9.17, 15) is 35.0 Å². The highest BCUT2D eigenvalue weighted by Gasteiger charge is 2.24. The number of phenolic OH excluding ortho intramolecular Hbond substituents is 6. The fraction of sp³-hybridized carbons (Fsp3) is 0.345. The number of halogens is 1. The number of phenols is 6. The molecule has 0 saturated carbocycles. The maximum Gasteiger partial charge on any atom is 0.165 e. The van der Waals surface area contributed by atoms with Gasteiger partial charge in [-0.1, -0.05) is 166 Å². The summed E-state index contributed by atoms with van der Waals surface area (Å²) in [4.78, 5) is 14.2. The smallest absolute Gasteiger partial charge is 0.165 e. The molecule has 2 saturated heterocycles. The van der Waals surface area contributed by atoms with Crippen molar-refractivity contribution in [1.29, 1.82) is 0 Å². The first-order valence-electron chi connectivity index (χ1n) is 46.5. The van der Waals surface area contributed by atoms with Crippen molar-refractivity contribution in [3.8, 4) is 51.7 Å². The van der Waals surface area contributed by atoms with Gasteiger partial charge in [-0.05, 0) is 298 Å². The second-order valence-electron chi connectivity index (χ2n) is 33.2. The fourth-order valence-electron chi connectivity index (χ4n) is 16.4. The predicted molar refractivity (Wildman–Crippen MR) is 581 cm³/mol. The van der Waals surface area contributed by atoms with Crippen LogP contribution in [0.5, 0.6) is 51.7 Å². The predicted octanol–water partition coefficient (Wildman–Crippen LogP) is 20.4. The minimum Gasteiger partial charge on any atom is -0.507 e. The Morgan fingerprint density at radius 2 is 0.636 bits per heavy atom. The van der Waals surface area contributed by atoms with Crippen molar-refractivity contribution in [3.63, 3.8) is 0 Å². The summed E-state index contributed by atoms with van der Waals surface area (Å²) in [5.41, 5.74) is 18.1. The van der Waals surface area contributed by atoms with E-state index in [1.165, 1.54) is 133 Å². The summed E-state index contributed by atoms with van der Waals surface area (Å²) in [5, 5.41) is 74.9. The number of para-hydroxylation sites is 2. The minimum absolute atomic E-state index is 0.107. The number of piperidine rings is 2. The van der Waals surface area contributed by atoms with Crippen LogP contribution in [0.4, 0.5) is 38.5 Å². The lowest BCUT2D eigenvalue weighted by Gasteiger charge is -2.31. The normalized spacial score (nSPS) is 12.6. The number of hydrogen-bond donors (Lipinski definition) is 6. The summed E-state index contributed by atoms with van der Waals surface area (Å²) in [5.74, 6) is 3.67. The van der Waals surface area contributed by atoms with E-state index in [1.54, 1.807) is 56.7 Å². The standard InChI is InChI=1S/C19H23FNO3P.C19H24NO2P.C19H26NOP.2C18H24NOP.C17H22NOP/c1-23-14-11-16(24-2)19(22)18(12-14)25-17-7-6-13(20)10-15(17)21-8-4-3-5-9-21;1-14-6-9-18(16(12-14)20-10-4-3-5-11-20)23-19-13-15(22-2)7-8-17(19)21;1-6-20(7-2)16-10-8-9-14(4)19(16)22-17-12-13(3)11-15(5)18(17)21;1-5-19(6-2)15-11-7-10-14(4)18(15)21-16-12-8-9-13(3)17(16)20;1-5-19(6-2)15-9-7-8-14(4)18(15)21-17-12-13(3)10-11-16(17)20;1-4-18(5-2)14-10-8-9-13(3)17(14)20-16-12-7-6-11-15(16)19/h6-7,10-12,22,25H,3-5,8-9H2,1-2H3;6-9,12-13,21,23H,3-5,10-11H2,1-2H3;8-12,21-22H,6-7H2,1-5H3;2*7-12,20-21H,5-6H2,1-4H3;6-12,19-20H,4-5H2,1-3H3. The Bertz CT molecular complexity index is 5640. The molecular formula is C110H143FN6O9P6. The van der Waals surface area contributed by atoms with Gasteiger partial charge in [-0.25, -0.2) is 4.39 Å². The van der Waals surface area contributed by atoms with Crippen molar-refractivity contribution in [2.45, 2.75) is 156 Å². The van der Waals surface area contributed by atoms with E-state index < -0.39 is 0 Å². The van der Waals surface area contributed by atoms with Gasteiger partial charge in [0.25, 0.3) is 0 Å². The van der Waals surface area contributed by atoms with Crippen LogP contribution in [0.15, 0.2) is 212 Å². The molecule has 2 aliphatic heterocycles. The first-order chi connectivity index (χ1) is 63.6. The molecular weight excluding hydrogens is 1750 g/mol. The van der Waals surface area contributed by atoms with Gasteiger partial charge in [0, 0.05) is 182 Å². The number of methoxy groups -OCH3 is 3. The van der Waals surface area contributed by atoms with Crippen LogP contribution in [0.3, 0.4) is 0 Å². The van der Waals surface area contributed by atoms with Crippen LogP contribution in [0.1, 0.15) is 144 Å². The molecule has 12 aromatic rings. The van der Waals surface area contributed by atoms with Crippen molar-refractivity contribution in [2.75, 3.05) is 129 Å². The van der Waals surface area contributed by atoms with Crippen LogP contribution in [0, 0.1) is 68.1 Å². The van der Waals surface area contributed by atoms with Gasteiger partial charge in [0.05, 0.1) is 21.3 Å². The Kier molecular flexibility index (Phi) is 42.7. The van der Waals surface area contributed by atoms with E-state index in [0.717, 1.165) is 151 Å². The Labute approximate surface area is 798 Å². The number of rotatable bonds is 29. The monoisotopic (exact) mass is 1900 g/mol. The number of hydrogen-bond acceptors (Lipinski definition) is 15. The summed E-state index contributed by atoms with van der Waals surface area (Å²) < 4.78 is 29.7. The first-order valence-corrected chi connectivity index (χ1v) is 52.5. The van der Waals surface area contributed by atoms with Gasteiger partial charge in [-0.15, -0.1) is 0 Å². The Hall–Kier alpha value is -9.85. The van der Waals surface area contributed by atoms with Crippen molar-refractivity contribution in [2.24, 2.45) is 0 Å². The second kappa shape index (κ2) is 53.3. The van der Waals surface area contributed by atoms with E-state index >= 15 is 0 Å². The number of benzene rings is 12. The molecule has 2 heterocycles. The minimum atomic E-state index is -0.235. The third-order valence-corrected chi connectivity index (χ3v) is 32.9. The molecule has 704 valence electrons. The van der Waals surface area contributed by atoms with Crippen molar-refractivity contribution < 1.29 is 49.2 Å². The van der Waals surface area contributed by atoms with Gasteiger partial charge in [0.2, 0.25) is 0 Å². The zero-order valence-corrected chi connectivity index (χ0v) is 87.4. The van der Waals surface area contributed by atoms with E-state index in [0.29, 0.717) is 83.2 Å². The molecule has 0 bridgehead atoms. The van der Waals surface area contributed by atoms with Crippen LogP contribution in [0.2, 0.25) is 0 Å². The molecule has 0 aromatic heterocycles. The molecule has 0 amide bonds.